The van der Waals surface area contributed by atoms with Crippen molar-refractivity contribution in [2.45, 2.75) is 6.92 Å². The van der Waals surface area contributed by atoms with Crippen LogP contribution in [0.4, 0.5) is 17.3 Å². The maximum absolute atomic E-state index is 12.8. The lowest BCUT2D eigenvalue weighted by Gasteiger charge is -2.26. The van der Waals surface area contributed by atoms with Crippen molar-refractivity contribution in [3.05, 3.63) is 66.4 Å². The van der Waals surface area contributed by atoms with Gasteiger partial charge in [-0.25, -0.2) is 9.97 Å². The molecule has 0 atom stereocenters. The summed E-state index contributed by atoms with van der Waals surface area (Å²) in [5.74, 6) is 2.35. The maximum atomic E-state index is 12.8. The minimum atomic E-state index is -0.110. The molecule has 1 saturated heterocycles. The summed E-state index contributed by atoms with van der Waals surface area (Å²) in [5.41, 5.74) is 3.81. The molecule has 8 heteroatoms. The Hall–Kier alpha value is -3.39. The van der Waals surface area contributed by atoms with Gasteiger partial charge in [-0.15, -0.1) is 0 Å². The Balaban J connectivity index is 1.49. The molecule has 1 aliphatic heterocycles. The van der Waals surface area contributed by atoms with Crippen LogP contribution in [-0.2, 0) is 4.79 Å². The van der Waals surface area contributed by atoms with E-state index in [1.807, 2.05) is 71.3 Å². The molecule has 0 radical (unpaired) electrons. The van der Waals surface area contributed by atoms with Gasteiger partial charge in [0.2, 0.25) is 11.9 Å². The lowest BCUT2D eigenvalue weighted by Crippen LogP contribution is -2.37. The first kappa shape index (κ1) is 20.9. The van der Waals surface area contributed by atoms with E-state index in [9.17, 15) is 9.59 Å². The number of rotatable bonds is 5. The second-order valence-electron chi connectivity index (χ2n) is 7.13. The number of aromatic nitrogens is 2. The molecule has 4 rings (SSSR count). The second-order valence-corrected chi connectivity index (χ2v) is 8.36. The van der Waals surface area contributed by atoms with Gasteiger partial charge in [-0.3, -0.25) is 9.59 Å². The highest BCUT2D eigenvalue weighted by atomic mass is 32.2. The lowest BCUT2D eigenvalue weighted by molar-refractivity contribution is -0.114. The quantitative estimate of drug-likeness (QED) is 0.632. The number of nitrogens with one attached hydrogen (secondary N) is 2. The third kappa shape index (κ3) is 5.40. The van der Waals surface area contributed by atoms with E-state index in [1.54, 1.807) is 6.20 Å². The average molecular weight is 434 g/mol. The molecule has 2 heterocycles. The second kappa shape index (κ2) is 9.61. The van der Waals surface area contributed by atoms with E-state index in [1.165, 1.54) is 6.92 Å². The molecule has 0 saturated carbocycles. The summed E-state index contributed by atoms with van der Waals surface area (Å²) in [7, 11) is 0. The summed E-state index contributed by atoms with van der Waals surface area (Å²) in [4.78, 5) is 34.7. The maximum Gasteiger partial charge on any atom is 0.253 e. The number of nitrogens with zero attached hydrogens (tertiary/aromatic N) is 3. The van der Waals surface area contributed by atoms with Crippen molar-refractivity contribution < 1.29 is 9.59 Å². The van der Waals surface area contributed by atoms with Crippen molar-refractivity contribution in [2.24, 2.45) is 0 Å². The molecule has 1 aromatic heterocycles. The largest absolute Gasteiger partial charge is 0.337 e. The van der Waals surface area contributed by atoms with Crippen molar-refractivity contribution in [2.75, 3.05) is 35.2 Å². The van der Waals surface area contributed by atoms with Gasteiger partial charge >= 0.3 is 0 Å². The summed E-state index contributed by atoms with van der Waals surface area (Å²) in [6.07, 6.45) is 1.69. The zero-order valence-corrected chi connectivity index (χ0v) is 18.0. The number of hydrogen-bond acceptors (Lipinski definition) is 6. The zero-order valence-electron chi connectivity index (χ0n) is 17.2. The average Bonchev–Trinajstić information content (AvgIpc) is 2.80. The van der Waals surface area contributed by atoms with Gasteiger partial charge in [-0.1, -0.05) is 18.2 Å². The Bertz CT molecular complexity index is 1080. The third-order valence-electron chi connectivity index (χ3n) is 4.82. The van der Waals surface area contributed by atoms with Gasteiger partial charge in [-0.05, 0) is 36.4 Å². The Morgan fingerprint density at radius 2 is 1.77 bits per heavy atom. The molecule has 0 unspecified atom stereocenters. The summed E-state index contributed by atoms with van der Waals surface area (Å²) in [6, 6.07) is 16.7. The molecule has 31 heavy (non-hydrogen) atoms. The fourth-order valence-electron chi connectivity index (χ4n) is 3.32. The molecular weight excluding hydrogens is 410 g/mol. The summed E-state index contributed by atoms with van der Waals surface area (Å²) in [5, 5.41) is 5.94. The molecule has 0 aliphatic carbocycles. The highest BCUT2D eigenvalue weighted by molar-refractivity contribution is 7.99. The van der Waals surface area contributed by atoms with Crippen LogP contribution in [0.2, 0.25) is 0 Å². The molecule has 0 bridgehead atoms. The van der Waals surface area contributed by atoms with Crippen LogP contribution in [0.15, 0.2) is 60.8 Å². The van der Waals surface area contributed by atoms with E-state index in [0.717, 1.165) is 47.2 Å². The number of hydrogen-bond donors (Lipinski definition) is 2. The zero-order chi connectivity index (χ0) is 21.6. The summed E-state index contributed by atoms with van der Waals surface area (Å²) in [6.45, 7) is 3.05. The number of benzene rings is 2. The highest BCUT2D eigenvalue weighted by Crippen LogP contribution is 2.22. The van der Waals surface area contributed by atoms with Gasteiger partial charge in [0.25, 0.3) is 5.91 Å². The molecule has 1 aliphatic rings. The molecule has 158 valence electrons. The third-order valence-corrected chi connectivity index (χ3v) is 5.76. The highest BCUT2D eigenvalue weighted by Gasteiger charge is 2.18. The Morgan fingerprint density at radius 3 is 2.52 bits per heavy atom. The van der Waals surface area contributed by atoms with Crippen molar-refractivity contribution in [3.8, 4) is 11.3 Å². The molecule has 2 amide bonds. The van der Waals surface area contributed by atoms with Gasteiger partial charge in [0.1, 0.15) is 0 Å². The predicted molar refractivity (Wildman–Crippen MR) is 125 cm³/mol. The van der Waals surface area contributed by atoms with Gasteiger partial charge < -0.3 is 15.5 Å². The molecule has 1 fully saturated rings. The number of carbonyl (C=O) groups excluding carboxylic acids is 2. The molecular formula is C23H23N5O2S. The minimum absolute atomic E-state index is 0.0536. The smallest absolute Gasteiger partial charge is 0.253 e. The molecule has 3 aromatic rings. The van der Waals surface area contributed by atoms with E-state index in [4.69, 9.17) is 0 Å². The van der Waals surface area contributed by atoms with E-state index >= 15 is 0 Å². The SMILES string of the molecule is CC(=O)Nc1ccc(-c2ccnc(Nc3cccc(C(=O)N4CCSCC4)c3)n2)cc1. The number of carbonyl (C=O) groups is 2. The van der Waals surface area contributed by atoms with E-state index in [0.29, 0.717) is 11.5 Å². The first-order valence-electron chi connectivity index (χ1n) is 10.0. The number of anilines is 3. The fourth-order valence-corrected chi connectivity index (χ4v) is 4.22. The van der Waals surface area contributed by atoms with Crippen LogP contribution < -0.4 is 10.6 Å². The van der Waals surface area contributed by atoms with Gasteiger partial charge in [-0.2, -0.15) is 11.8 Å². The number of amides is 2. The van der Waals surface area contributed by atoms with Crippen LogP contribution in [0.25, 0.3) is 11.3 Å². The first-order valence-corrected chi connectivity index (χ1v) is 11.2. The van der Waals surface area contributed by atoms with Gasteiger partial charge in [0, 0.05) is 60.2 Å². The van der Waals surface area contributed by atoms with Crippen molar-refractivity contribution in [3.63, 3.8) is 0 Å². The Kier molecular flexibility index (Phi) is 6.47. The molecule has 2 aromatic carbocycles. The van der Waals surface area contributed by atoms with Crippen LogP contribution in [0.5, 0.6) is 0 Å². The Morgan fingerprint density at radius 1 is 1.00 bits per heavy atom. The van der Waals surface area contributed by atoms with Crippen LogP contribution in [0, 0.1) is 0 Å². The predicted octanol–water partition coefficient (Wildman–Crippen LogP) is 4.03. The normalized spacial score (nSPS) is 13.5. The topological polar surface area (TPSA) is 87.2 Å². The van der Waals surface area contributed by atoms with Gasteiger partial charge in [0.05, 0.1) is 5.69 Å². The molecule has 0 spiro atoms. The summed E-state index contributed by atoms with van der Waals surface area (Å²) >= 11 is 1.88. The van der Waals surface area contributed by atoms with Gasteiger partial charge in [0.15, 0.2) is 0 Å². The fraction of sp³-hybridized carbons (Fsp3) is 0.217. The van der Waals surface area contributed by atoms with Crippen LogP contribution in [0.1, 0.15) is 17.3 Å². The Labute approximate surface area is 185 Å². The van der Waals surface area contributed by atoms with Crippen LogP contribution >= 0.6 is 11.8 Å². The van der Waals surface area contributed by atoms with Crippen LogP contribution in [-0.4, -0.2) is 51.3 Å². The minimum Gasteiger partial charge on any atom is -0.337 e. The standard InChI is InChI=1S/C23H23N5O2S/c1-16(29)25-19-7-5-17(6-8-19)21-9-10-24-23(27-21)26-20-4-2-3-18(15-20)22(30)28-11-13-31-14-12-28/h2-10,15H,11-14H2,1H3,(H,25,29)(H,24,26,27). The van der Waals surface area contributed by atoms with Crippen LogP contribution in [0.3, 0.4) is 0 Å². The van der Waals surface area contributed by atoms with E-state index < -0.39 is 0 Å². The first-order chi connectivity index (χ1) is 15.1. The summed E-state index contributed by atoms with van der Waals surface area (Å²) < 4.78 is 0. The monoisotopic (exact) mass is 433 g/mol. The van der Waals surface area contributed by atoms with E-state index in [2.05, 4.69) is 20.6 Å². The van der Waals surface area contributed by atoms with Crippen molar-refractivity contribution in [1.29, 1.82) is 0 Å². The number of thioether (sulfide) groups is 1. The van der Waals surface area contributed by atoms with E-state index in [-0.39, 0.29) is 11.8 Å². The van der Waals surface area contributed by atoms with Crippen molar-refractivity contribution >= 4 is 40.9 Å². The molecule has 7 nitrogen and oxygen atoms in total. The van der Waals surface area contributed by atoms with Crippen molar-refractivity contribution in [1.82, 2.24) is 14.9 Å². The lowest BCUT2D eigenvalue weighted by atomic mass is 10.1. The molecule has 2 N–H and O–H groups in total.